The van der Waals surface area contributed by atoms with Crippen LogP contribution < -0.4 is 5.73 Å². The largest absolute Gasteiger partial charge is 0.329 e. The van der Waals surface area contributed by atoms with Crippen molar-refractivity contribution in [3.8, 4) is 0 Å². The van der Waals surface area contributed by atoms with Gasteiger partial charge in [0.2, 0.25) is 0 Å². The van der Waals surface area contributed by atoms with E-state index >= 15 is 0 Å². The van der Waals surface area contributed by atoms with Crippen molar-refractivity contribution in [2.24, 2.45) is 11.7 Å². The van der Waals surface area contributed by atoms with E-state index in [9.17, 15) is 0 Å². The van der Waals surface area contributed by atoms with Gasteiger partial charge in [-0.25, -0.2) is 0 Å². The molecule has 0 aromatic carbocycles. The quantitative estimate of drug-likeness (QED) is 0.654. The predicted molar refractivity (Wildman–Crippen MR) is 57.7 cm³/mol. The van der Waals surface area contributed by atoms with Gasteiger partial charge in [-0.05, 0) is 38.1 Å². The second-order valence-corrected chi connectivity index (χ2v) is 4.24. The maximum absolute atomic E-state index is 5.77. The van der Waals surface area contributed by atoms with Crippen molar-refractivity contribution in [1.82, 2.24) is 4.90 Å². The molecule has 78 valence electrons. The van der Waals surface area contributed by atoms with Crippen molar-refractivity contribution in [2.75, 3.05) is 19.6 Å². The lowest BCUT2D eigenvalue weighted by Crippen LogP contribution is -2.41. The molecule has 0 aromatic heterocycles. The maximum atomic E-state index is 5.77. The Hall–Kier alpha value is -0.0800. The predicted octanol–water partition coefficient (Wildman–Crippen LogP) is 1.85. The number of nitrogens with two attached hydrogens (primary N) is 1. The fourth-order valence-electron chi connectivity index (χ4n) is 1.92. The van der Waals surface area contributed by atoms with Gasteiger partial charge in [-0.1, -0.05) is 13.8 Å². The number of rotatable bonds is 7. The zero-order valence-electron chi connectivity index (χ0n) is 9.13. The first-order valence-corrected chi connectivity index (χ1v) is 5.75. The lowest BCUT2D eigenvalue weighted by atomic mass is 10.1. The molecule has 1 saturated carbocycles. The molecule has 2 N–H and O–H groups in total. The highest BCUT2D eigenvalue weighted by Crippen LogP contribution is 2.30. The molecule has 0 aliphatic heterocycles. The topological polar surface area (TPSA) is 29.3 Å². The molecule has 1 unspecified atom stereocenters. The van der Waals surface area contributed by atoms with Crippen LogP contribution in [0.3, 0.4) is 0 Å². The summed E-state index contributed by atoms with van der Waals surface area (Å²) in [5.74, 6) is 0.993. The second-order valence-electron chi connectivity index (χ2n) is 4.24. The highest BCUT2D eigenvalue weighted by molar-refractivity contribution is 4.80. The molecule has 0 aromatic rings. The minimum Gasteiger partial charge on any atom is -0.329 e. The summed E-state index contributed by atoms with van der Waals surface area (Å²) in [6.07, 6.45) is 5.34. The first-order valence-electron chi connectivity index (χ1n) is 5.75. The van der Waals surface area contributed by atoms with E-state index in [1.807, 2.05) is 0 Å². The Morgan fingerprint density at radius 3 is 2.46 bits per heavy atom. The van der Waals surface area contributed by atoms with Crippen molar-refractivity contribution >= 4 is 0 Å². The third-order valence-corrected chi connectivity index (χ3v) is 2.96. The molecule has 13 heavy (non-hydrogen) atoms. The molecule has 1 aliphatic rings. The van der Waals surface area contributed by atoms with Gasteiger partial charge in [-0.15, -0.1) is 0 Å². The van der Waals surface area contributed by atoms with E-state index in [-0.39, 0.29) is 0 Å². The Kier molecular flexibility index (Phi) is 4.74. The van der Waals surface area contributed by atoms with Crippen molar-refractivity contribution in [1.29, 1.82) is 0 Å². The molecule has 1 fully saturated rings. The van der Waals surface area contributed by atoms with Crippen LogP contribution in [0.1, 0.15) is 39.5 Å². The van der Waals surface area contributed by atoms with Crippen molar-refractivity contribution in [2.45, 2.75) is 45.6 Å². The zero-order chi connectivity index (χ0) is 9.68. The fourth-order valence-corrected chi connectivity index (χ4v) is 1.92. The summed E-state index contributed by atoms with van der Waals surface area (Å²) in [5.41, 5.74) is 5.77. The van der Waals surface area contributed by atoms with Gasteiger partial charge in [0.25, 0.3) is 0 Å². The van der Waals surface area contributed by atoms with E-state index in [0.717, 1.165) is 12.5 Å². The van der Waals surface area contributed by atoms with Crippen LogP contribution in [0.4, 0.5) is 0 Å². The van der Waals surface area contributed by atoms with Gasteiger partial charge < -0.3 is 5.73 Å². The van der Waals surface area contributed by atoms with E-state index in [2.05, 4.69) is 18.7 Å². The van der Waals surface area contributed by atoms with Gasteiger partial charge in [-0.3, -0.25) is 4.90 Å². The summed E-state index contributed by atoms with van der Waals surface area (Å²) in [7, 11) is 0. The zero-order valence-corrected chi connectivity index (χ0v) is 9.13. The molecule has 1 atom stereocenters. The minimum absolute atomic E-state index is 0.626. The fraction of sp³-hybridized carbons (Fsp3) is 1.00. The first-order chi connectivity index (χ1) is 6.31. The van der Waals surface area contributed by atoms with Crippen LogP contribution in [-0.4, -0.2) is 30.6 Å². The summed E-state index contributed by atoms with van der Waals surface area (Å²) in [6.45, 7) is 7.84. The third kappa shape index (κ3) is 3.65. The van der Waals surface area contributed by atoms with E-state index in [1.165, 1.54) is 38.8 Å². The van der Waals surface area contributed by atoms with Crippen molar-refractivity contribution in [3.05, 3.63) is 0 Å². The maximum Gasteiger partial charge on any atom is 0.0215 e. The van der Waals surface area contributed by atoms with Gasteiger partial charge in [-0.2, -0.15) is 0 Å². The van der Waals surface area contributed by atoms with Gasteiger partial charge in [0.1, 0.15) is 0 Å². The van der Waals surface area contributed by atoms with Crippen LogP contribution in [0.25, 0.3) is 0 Å². The SMILES string of the molecule is CCCN(CC1CC1)C(CC)CN. The Labute approximate surface area is 82.5 Å². The van der Waals surface area contributed by atoms with Gasteiger partial charge in [0.15, 0.2) is 0 Å². The molecule has 0 bridgehead atoms. The molecule has 1 rings (SSSR count). The van der Waals surface area contributed by atoms with E-state index in [1.54, 1.807) is 0 Å². The van der Waals surface area contributed by atoms with Crippen LogP contribution in [0.5, 0.6) is 0 Å². The molecular formula is C11H24N2. The van der Waals surface area contributed by atoms with Gasteiger partial charge in [0, 0.05) is 19.1 Å². The lowest BCUT2D eigenvalue weighted by Gasteiger charge is -2.29. The van der Waals surface area contributed by atoms with E-state index in [4.69, 9.17) is 5.73 Å². The van der Waals surface area contributed by atoms with E-state index < -0.39 is 0 Å². The molecule has 2 heteroatoms. The summed E-state index contributed by atoms with van der Waals surface area (Å²) in [4.78, 5) is 2.59. The van der Waals surface area contributed by atoms with Crippen LogP contribution in [0.15, 0.2) is 0 Å². The van der Waals surface area contributed by atoms with E-state index in [0.29, 0.717) is 6.04 Å². The number of hydrogen-bond donors (Lipinski definition) is 1. The third-order valence-electron chi connectivity index (χ3n) is 2.96. The second kappa shape index (κ2) is 5.61. The summed E-state index contributed by atoms with van der Waals surface area (Å²) in [5, 5.41) is 0. The smallest absolute Gasteiger partial charge is 0.0215 e. The molecule has 0 amide bonds. The van der Waals surface area contributed by atoms with Crippen molar-refractivity contribution in [3.63, 3.8) is 0 Å². The van der Waals surface area contributed by atoms with Gasteiger partial charge >= 0.3 is 0 Å². The van der Waals surface area contributed by atoms with Crippen LogP contribution in [0.2, 0.25) is 0 Å². The summed E-state index contributed by atoms with van der Waals surface area (Å²) >= 11 is 0. The molecule has 0 spiro atoms. The van der Waals surface area contributed by atoms with Crippen molar-refractivity contribution < 1.29 is 0 Å². The molecular weight excluding hydrogens is 160 g/mol. The summed E-state index contributed by atoms with van der Waals surface area (Å²) < 4.78 is 0. The molecule has 0 heterocycles. The average Bonchev–Trinajstić information content (AvgIpc) is 2.91. The molecule has 1 aliphatic carbocycles. The first kappa shape index (κ1) is 11.0. The normalized spacial score (nSPS) is 19.4. The Bertz CT molecular complexity index is 128. The standard InChI is InChI=1S/C11H24N2/c1-3-7-13(9-10-5-6-10)11(4-2)8-12/h10-11H,3-9,12H2,1-2H3. The van der Waals surface area contributed by atoms with Crippen LogP contribution in [-0.2, 0) is 0 Å². The monoisotopic (exact) mass is 184 g/mol. The molecule has 0 radical (unpaired) electrons. The Morgan fingerprint density at radius 2 is 2.08 bits per heavy atom. The highest BCUT2D eigenvalue weighted by atomic mass is 15.2. The average molecular weight is 184 g/mol. The summed E-state index contributed by atoms with van der Waals surface area (Å²) in [6, 6.07) is 0.626. The Balaban J connectivity index is 2.32. The Morgan fingerprint density at radius 1 is 1.38 bits per heavy atom. The molecule has 0 saturated heterocycles. The van der Waals surface area contributed by atoms with Crippen LogP contribution in [0, 0.1) is 5.92 Å². The van der Waals surface area contributed by atoms with Gasteiger partial charge in [0.05, 0.1) is 0 Å². The minimum atomic E-state index is 0.626. The van der Waals surface area contributed by atoms with Crippen LogP contribution >= 0.6 is 0 Å². The molecule has 2 nitrogen and oxygen atoms in total. The lowest BCUT2D eigenvalue weighted by molar-refractivity contribution is 0.187. The number of hydrogen-bond acceptors (Lipinski definition) is 2. The highest BCUT2D eigenvalue weighted by Gasteiger charge is 2.26. The number of nitrogens with zero attached hydrogens (tertiary/aromatic N) is 1.